The molecule has 2 rings (SSSR count). The van der Waals surface area contributed by atoms with Crippen LogP contribution in [0.1, 0.15) is 36.7 Å². The van der Waals surface area contributed by atoms with Gasteiger partial charge in [0.25, 0.3) is 0 Å². The molecule has 4 heteroatoms. The van der Waals surface area contributed by atoms with E-state index in [2.05, 4.69) is 31.5 Å². The number of aryl methyl sites for hydroxylation is 1. The molecule has 19 heavy (non-hydrogen) atoms. The average Bonchev–Trinajstić information content (AvgIpc) is 2.73. The van der Waals surface area contributed by atoms with E-state index in [1.807, 2.05) is 17.8 Å². The molecule has 0 atom stereocenters. The Kier molecular flexibility index (Phi) is 4.20. The van der Waals surface area contributed by atoms with Crippen LogP contribution in [-0.4, -0.2) is 20.9 Å². The largest absolute Gasteiger partial charge is 0.478 e. The number of rotatable bonds is 5. The standard InChI is InChI=1S/C15H19NO2S/c1-4-16-8-12(9-19-10(2)3)13-7-11(15(17)18)5-6-14(13)16/h5-8,10H,4,9H2,1-3H3,(H,17,18). The van der Waals surface area contributed by atoms with Crippen LogP contribution in [0.4, 0.5) is 0 Å². The van der Waals surface area contributed by atoms with Crippen LogP contribution in [0, 0.1) is 0 Å². The van der Waals surface area contributed by atoms with Crippen molar-refractivity contribution in [3.05, 3.63) is 35.5 Å². The Hall–Kier alpha value is -1.42. The van der Waals surface area contributed by atoms with Crippen molar-refractivity contribution in [1.29, 1.82) is 0 Å². The fraction of sp³-hybridized carbons (Fsp3) is 0.400. The highest BCUT2D eigenvalue weighted by atomic mass is 32.2. The van der Waals surface area contributed by atoms with Gasteiger partial charge in [0, 0.05) is 29.4 Å². The fourth-order valence-electron chi connectivity index (χ4n) is 2.14. The van der Waals surface area contributed by atoms with Gasteiger partial charge < -0.3 is 9.67 Å². The predicted molar refractivity (Wildman–Crippen MR) is 81.0 cm³/mol. The van der Waals surface area contributed by atoms with Gasteiger partial charge in [-0.05, 0) is 35.9 Å². The van der Waals surface area contributed by atoms with Crippen molar-refractivity contribution in [2.45, 2.75) is 38.3 Å². The number of aromatic nitrogens is 1. The van der Waals surface area contributed by atoms with Gasteiger partial charge in [-0.25, -0.2) is 4.79 Å². The minimum atomic E-state index is -0.867. The van der Waals surface area contributed by atoms with E-state index in [-0.39, 0.29) is 0 Å². The molecule has 3 nitrogen and oxygen atoms in total. The summed E-state index contributed by atoms with van der Waals surface area (Å²) in [5, 5.41) is 10.7. The molecule has 2 aromatic rings. The van der Waals surface area contributed by atoms with E-state index in [0.29, 0.717) is 10.8 Å². The molecule has 0 saturated heterocycles. The molecule has 0 unspecified atom stereocenters. The summed E-state index contributed by atoms with van der Waals surface area (Å²) in [5.74, 6) is 0.0538. The van der Waals surface area contributed by atoms with Gasteiger partial charge in [-0.1, -0.05) is 13.8 Å². The molecule has 1 aromatic heterocycles. The van der Waals surface area contributed by atoms with Gasteiger partial charge in [-0.15, -0.1) is 0 Å². The molecule has 0 radical (unpaired) electrons. The van der Waals surface area contributed by atoms with Crippen molar-refractivity contribution in [3.63, 3.8) is 0 Å². The summed E-state index contributed by atoms with van der Waals surface area (Å²) in [4.78, 5) is 11.1. The quantitative estimate of drug-likeness (QED) is 0.898. The van der Waals surface area contributed by atoms with E-state index < -0.39 is 5.97 Å². The van der Waals surface area contributed by atoms with Crippen molar-refractivity contribution in [2.75, 3.05) is 0 Å². The van der Waals surface area contributed by atoms with E-state index in [1.165, 1.54) is 5.56 Å². The Labute approximate surface area is 117 Å². The highest BCUT2D eigenvalue weighted by molar-refractivity contribution is 7.99. The number of hydrogen-bond donors (Lipinski definition) is 1. The van der Waals surface area contributed by atoms with Crippen LogP contribution in [0.15, 0.2) is 24.4 Å². The Morgan fingerprint density at radius 3 is 2.74 bits per heavy atom. The highest BCUT2D eigenvalue weighted by Gasteiger charge is 2.11. The van der Waals surface area contributed by atoms with Gasteiger partial charge >= 0.3 is 5.97 Å². The van der Waals surface area contributed by atoms with Gasteiger partial charge in [0.2, 0.25) is 0 Å². The fourth-order valence-corrected chi connectivity index (χ4v) is 2.88. The Balaban J connectivity index is 2.49. The van der Waals surface area contributed by atoms with Gasteiger partial charge in [0.05, 0.1) is 5.56 Å². The second kappa shape index (κ2) is 5.70. The van der Waals surface area contributed by atoms with E-state index in [1.54, 1.807) is 12.1 Å². The predicted octanol–water partition coefficient (Wildman–Crippen LogP) is 4.00. The van der Waals surface area contributed by atoms with Crippen LogP contribution in [-0.2, 0) is 12.3 Å². The lowest BCUT2D eigenvalue weighted by atomic mass is 10.1. The van der Waals surface area contributed by atoms with Crippen molar-refractivity contribution >= 4 is 28.6 Å². The summed E-state index contributed by atoms with van der Waals surface area (Å²) in [7, 11) is 0. The lowest BCUT2D eigenvalue weighted by molar-refractivity contribution is 0.0697. The molecule has 0 spiro atoms. The smallest absolute Gasteiger partial charge is 0.335 e. The summed E-state index contributed by atoms with van der Waals surface area (Å²) in [6.07, 6.45) is 2.14. The lowest BCUT2D eigenvalue weighted by Crippen LogP contribution is -1.96. The highest BCUT2D eigenvalue weighted by Crippen LogP contribution is 2.27. The summed E-state index contributed by atoms with van der Waals surface area (Å²) in [5.41, 5.74) is 2.70. The van der Waals surface area contributed by atoms with E-state index in [0.717, 1.165) is 23.2 Å². The molecule has 0 aliphatic heterocycles. The van der Waals surface area contributed by atoms with E-state index >= 15 is 0 Å². The Morgan fingerprint density at radius 1 is 1.42 bits per heavy atom. The third kappa shape index (κ3) is 2.95. The second-order valence-electron chi connectivity index (χ2n) is 4.84. The zero-order chi connectivity index (χ0) is 14.0. The normalized spacial score (nSPS) is 11.4. The summed E-state index contributed by atoms with van der Waals surface area (Å²) in [6.45, 7) is 7.35. The Bertz CT molecular complexity index is 601. The summed E-state index contributed by atoms with van der Waals surface area (Å²) >= 11 is 1.88. The molecule has 0 bridgehead atoms. The first-order valence-corrected chi connectivity index (χ1v) is 7.54. The van der Waals surface area contributed by atoms with Crippen LogP contribution in [0.5, 0.6) is 0 Å². The van der Waals surface area contributed by atoms with Gasteiger partial charge in [0.1, 0.15) is 0 Å². The maximum Gasteiger partial charge on any atom is 0.335 e. The zero-order valence-corrected chi connectivity index (χ0v) is 12.3. The van der Waals surface area contributed by atoms with Crippen LogP contribution in [0.3, 0.4) is 0 Å². The summed E-state index contributed by atoms with van der Waals surface area (Å²) in [6, 6.07) is 5.38. The summed E-state index contributed by atoms with van der Waals surface area (Å²) < 4.78 is 2.18. The van der Waals surface area contributed by atoms with Crippen LogP contribution in [0.25, 0.3) is 10.9 Å². The first-order chi connectivity index (χ1) is 9.02. The second-order valence-corrected chi connectivity index (χ2v) is 6.40. The first-order valence-electron chi connectivity index (χ1n) is 6.49. The van der Waals surface area contributed by atoms with Gasteiger partial charge in [-0.2, -0.15) is 11.8 Å². The van der Waals surface area contributed by atoms with Crippen molar-refractivity contribution < 1.29 is 9.90 Å². The number of hydrogen-bond acceptors (Lipinski definition) is 2. The molecule has 1 heterocycles. The van der Waals surface area contributed by atoms with Gasteiger partial charge in [-0.3, -0.25) is 0 Å². The molecule has 0 aliphatic rings. The number of carboxylic acids is 1. The monoisotopic (exact) mass is 277 g/mol. The Morgan fingerprint density at radius 2 is 2.16 bits per heavy atom. The molecule has 102 valence electrons. The van der Waals surface area contributed by atoms with Crippen molar-refractivity contribution in [2.24, 2.45) is 0 Å². The molecule has 0 amide bonds. The molecule has 0 saturated carbocycles. The van der Waals surface area contributed by atoms with Gasteiger partial charge in [0.15, 0.2) is 0 Å². The number of fused-ring (bicyclic) bond motifs is 1. The average molecular weight is 277 g/mol. The maximum absolute atomic E-state index is 11.1. The lowest BCUT2D eigenvalue weighted by Gasteiger charge is -2.03. The zero-order valence-electron chi connectivity index (χ0n) is 11.5. The van der Waals surface area contributed by atoms with E-state index in [4.69, 9.17) is 5.11 Å². The van der Waals surface area contributed by atoms with Crippen LogP contribution < -0.4 is 0 Å². The number of nitrogens with zero attached hydrogens (tertiary/aromatic N) is 1. The van der Waals surface area contributed by atoms with Crippen LogP contribution >= 0.6 is 11.8 Å². The van der Waals surface area contributed by atoms with Crippen LogP contribution in [0.2, 0.25) is 0 Å². The number of thioether (sulfide) groups is 1. The van der Waals surface area contributed by atoms with E-state index in [9.17, 15) is 4.79 Å². The number of aromatic carboxylic acids is 1. The molecular formula is C15H19NO2S. The molecule has 1 N–H and O–H groups in total. The molecule has 0 fully saturated rings. The number of carbonyl (C=O) groups is 1. The molecule has 1 aromatic carbocycles. The molecular weight excluding hydrogens is 258 g/mol. The third-order valence-corrected chi connectivity index (χ3v) is 4.27. The minimum absolute atomic E-state index is 0.358. The maximum atomic E-state index is 11.1. The number of benzene rings is 1. The van der Waals surface area contributed by atoms with Crippen molar-refractivity contribution in [3.8, 4) is 0 Å². The SMILES string of the molecule is CCn1cc(CSC(C)C)c2cc(C(=O)O)ccc21. The topological polar surface area (TPSA) is 42.2 Å². The number of carboxylic acid groups (broad SMARTS) is 1. The minimum Gasteiger partial charge on any atom is -0.478 e. The molecule has 0 aliphatic carbocycles. The first kappa shape index (κ1) is 14.0. The van der Waals surface area contributed by atoms with Crippen molar-refractivity contribution in [1.82, 2.24) is 4.57 Å². The third-order valence-electron chi connectivity index (χ3n) is 3.12.